The molecule has 0 aromatic carbocycles. The van der Waals surface area contributed by atoms with Crippen molar-refractivity contribution in [2.75, 3.05) is 30.4 Å². The van der Waals surface area contributed by atoms with E-state index in [-0.39, 0.29) is 34.5 Å². The Morgan fingerprint density at radius 3 is 2.26 bits per heavy atom. The Morgan fingerprint density at radius 1 is 0.912 bits per heavy atom. The summed E-state index contributed by atoms with van der Waals surface area (Å²) in [6.45, 7) is 3.33. The largest absolute Gasteiger partial charge is 0.433 e. The van der Waals surface area contributed by atoms with Crippen LogP contribution in [0.2, 0.25) is 0 Å². The van der Waals surface area contributed by atoms with Gasteiger partial charge < -0.3 is 15.4 Å². The fourth-order valence-electron chi connectivity index (χ4n) is 2.98. The minimum Gasteiger partial charge on any atom is -0.380 e. The van der Waals surface area contributed by atoms with Gasteiger partial charge in [-0.1, -0.05) is 13.0 Å². The van der Waals surface area contributed by atoms with Crippen molar-refractivity contribution in [3.8, 4) is 11.5 Å². The van der Waals surface area contributed by atoms with E-state index in [1.807, 2.05) is 6.92 Å². The molecule has 0 spiro atoms. The third-order valence-corrected chi connectivity index (χ3v) is 4.78. The summed E-state index contributed by atoms with van der Waals surface area (Å²) in [6.07, 6.45) is -8.40. The molecule has 1 saturated heterocycles. The van der Waals surface area contributed by atoms with Gasteiger partial charge in [0.25, 0.3) is 0 Å². The Bertz CT molecular complexity index is 1180. The minimum atomic E-state index is -4.69. The molecule has 0 saturated carbocycles. The average Bonchev–Trinajstić information content (AvgIpc) is 2.75. The van der Waals surface area contributed by atoms with Crippen molar-refractivity contribution in [1.29, 1.82) is 0 Å². The third kappa shape index (κ3) is 5.50. The van der Waals surface area contributed by atoms with Gasteiger partial charge in [-0.3, -0.25) is 4.98 Å². The molecule has 3 aromatic heterocycles. The van der Waals surface area contributed by atoms with E-state index in [0.29, 0.717) is 19.8 Å². The lowest BCUT2D eigenvalue weighted by Crippen LogP contribution is -2.45. The SMILES string of the molecule is CC1(CNc2nc(Nc3ccnc(C(F)(F)F)c3)nc(-c3cccc(C(F)(F)F)n3)n2)COC1. The molecule has 0 radical (unpaired) electrons. The number of ether oxygens (including phenoxy) is 1. The van der Waals surface area contributed by atoms with Crippen LogP contribution in [0.4, 0.5) is 43.9 Å². The Hall–Kier alpha value is -3.55. The first-order chi connectivity index (χ1) is 15.9. The number of anilines is 3. The molecule has 3 aromatic rings. The number of nitrogens with one attached hydrogen (secondary N) is 2. The average molecular weight is 485 g/mol. The van der Waals surface area contributed by atoms with E-state index < -0.39 is 23.7 Å². The number of pyridine rings is 2. The predicted octanol–water partition coefficient (Wildman–Crippen LogP) is 4.56. The van der Waals surface area contributed by atoms with Gasteiger partial charge in [0.15, 0.2) is 5.82 Å². The van der Waals surface area contributed by atoms with Gasteiger partial charge in [-0.05, 0) is 24.3 Å². The van der Waals surface area contributed by atoms with Gasteiger partial charge in [0.2, 0.25) is 11.9 Å². The molecule has 1 aliphatic heterocycles. The molecule has 0 amide bonds. The lowest BCUT2D eigenvalue weighted by Gasteiger charge is -2.38. The summed E-state index contributed by atoms with van der Waals surface area (Å²) in [5, 5.41) is 5.60. The van der Waals surface area contributed by atoms with Crippen LogP contribution in [0, 0.1) is 5.41 Å². The van der Waals surface area contributed by atoms with Gasteiger partial charge in [0, 0.05) is 23.8 Å². The monoisotopic (exact) mass is 485 g/mol. The molecule has 0 unspecified atom stereocenters. The summed E-state index contributed by atoms with van der Waals surface area (Å²) in [5.74, 6) is -0.391. The number of hydrogen-bond acceptors (Lipinski definition) is 8. The second-order valence-corrected chi connectivity index (χ2v) is 7.92. The first-order valence-corrected chi connectivity index (χ1v) is 9.84. The summed E-state index contributed by atoms with van der Waals surface area (Å²) in [4.78, 5) is 19.2. The lowest BCUT2D eigenvalue weighted by atomic mass is 9.89. The molecular weight excluding hydrogens is 468 g/mol. The van der Waals surface area contributed by atoms with Crippen molar-refractivity contribution >= 4 is 17.6 Å². The summed E-state index contributed by atoms with van der Waals surface area (Å²) in [5.41, 5.74) is -2.68. The molecule has 0 aliphatic carbocycles. The van der Waals surface area contributed by atoms with Crippen molar-refractivity contribution in [2.24, 2.45) is 5.41 Å². The van der Waals surface area contributed by atoms with Crippen LogP contribution in [0.25, 0.3) is 11.5 Å². The second kappa shape index (κ2) is 8.66. The van der Waals surface area contributed by atoms with Gasteiger partial charge in [-0.25, -0.2) is 4.98 Å². The molecule has 0 atom stereocenters. The Balaban J connectivity index is 1.69. The highest BCUT2D eigenvalue weighted by Gasteiger charge is 2.35. The highest BCUT2D eigenvalue weighted by Crippen LogP contribution is 2.31. The predicted molar refractivity (Wildman–Crippen MR) is 108 cm³/mol. The maximum Gasteiger partial charge on any atom is 0.433 e. The van der Waals surface area contributed by atoms with Gasteiger partial charge in [0.05, 0.1) is 13.2 Å². The van der Waals surface area contributed by atoms with Gasteiger partial charge in [-0.15, -0.1) is 0 Å². The van der Waals surface area contributed by atoms with Crippen LogP contribution in [0.15, 0.2) is 36.5 Å². The topological polar surface area (TPSA) is 97.7 Å². The lowest BCUT2D eigenvalue weighted by molar-refractivity contribution is -0.141. The molecule has 8 nitrogen and oxygen atoms in total. The molecule has 1 fully saturated rings. The van der Waals surface area contributed by atoms with Crippen LogP contribution in [-0.2, 0) is 17.1 Å². The van der Waals surface area contributed by atoms with E-state index in [0.717, 1.165) is 24.4 Å². The molecule has 0 bridgehead atoms. The Kier molecular flexibility index (Phi) is 6.02. The number of alkyl halides is 6. The standard InChI is InChI=1S/C20H17F6N7O/c1-18(9-34-10-18)8-28-16-31-15(12-3-2-4-13(30-12)19(21,22)23)32-17(33-16)29-11-5-6-27-14(7-11)20(24,25)26/h2-7H,8-10H2,1H3,(H2,27,28,29,31,32,33). The number of nitrogens with zero attached hydrogens (tertiary/aromatic N) is 5. The first kappa shape index (κ1) is 23.6. The third-order valence-electron chi connectivity index (χ3n) is 4.78. The van der Waals surface area contributed by atoms with Gasteiger partial charge >= 0.3 is 12.4 Å². The maximum atomic E-state index is 13.1. The van der Waals surface area contributed by atoms with Crippen molar-refractivity contribution < 1.29 is 31.1 Å². The molecule has 2 N–H and O–H groups in total. The normalized spacial score (nSPS) is 15.5. The van der Waals surface area contributed by atoms with Crippen LogP contribution >= 0.6 is 0 Å². The summed E-state index contributed by atoms with van der Waals surface area (Å²) in [6, 6.07) is 5.26. The van der Waals surface area contributed by atoms with E-state index in [9.17, 15) is 26.3 Å². The number of halogens is 6. The summed E-state index contributed by atoms with van der Waals surface area (Å²) in [7, 11) is 0. The van der Waals surface area contributed by atoms with Crippen molar-refractivity contribution in [3.05, 3.63) is 47.9 Å². The fraction of sp³-hybridized carbons (Fsp3) is 0.350. The summed E-state index contributed by atoms with van der Waals surface area (Å²) >= 11 is 0. The van der Waals surface area contributed by atoms with E-state index in [1.54, 1.807) is 0 Å². The maximum absolute atomic E-state index is 13.1. The first-order valence-electron chi connectivity index (χ1n) is 9.84. The smallest absolute Gasteiger partial charge is 0.380 e. The second-order valence-electron chi connectivity index (χ2n) is 7.92. The molecule has 180 valence electrons. The molecule has 14 heteroatoms. The molecular formula is C20H17F6N7O. The number of rotatable bonds is 6. The zero-order valence-electron chi connectivity index (χ0n) is 17.5. The number of aromatic nitrogens is 5. The van der Waals surface area contributed by atoms with Gasteiger partial charge in [0.1, 0.15) is 17.1 Å². The van der Waals surface area contributed by atoms with Crippen LogP contribution in [0.5, 0.6) is 0 Å². The summed E-state index contributed by atoms with van der Waals surface area (Å²) < 4.78 is 83.5. The highest BCUT2D eigenvalue weighted by molar-refractivity contribution is 5.59. The van der Waals surface area contributed by atoms with E-state index in [2.05, 4.69) is 35.6 Å². The number of hydrogen-bond donors (Lipinski definition) is 2. The quantitative estimate of drug-likeness (QED) is 0.491. The van der Waals surface area contributed by atoms with Crippen LogP contribution < -0.4 is 10.6 Å². The van der Waals surface area contributed by atoms with Crippen LogP contribution in [-0.4, -0.2) is 44.7 Å². The molecule has 1 aliphatic rings. The van der Waals surface area contributed by atoms with Crippen molar-refractivity contribution in [2.45, 2.75) is 19.3 Å². The molecule has 34 heavy (non-hydrogen) atoms. The van der Waals surface area contributed by atoms with Crippen molar-refractivity contribution in [3.63, 3.8) is 0 Å². The highest BCUT2D eigenvalue weighted by atomic mass is 19.4. The van der Waals surface area contributed by atoms with E-state index >= 15 is 0 Å². The molecule has 4 rings (SSSR count). The zero-order valence-corrected chi connectivity index (χ0v) is 17.5. The van der Waals surface area contributed by atoms with E-state index in [4.69, 9.17) is 4.74 Å². The zero-order chi connectivity index (χ0) is 24.6. The van der Waals surface area contributed by atoms with E-state index in [1.165, 1.54) is 12.1 Å². The van der Waals surface area contributed by atoms with Crippen LogP contribution in [0.1, 0.15) is 18.3 Å². The van der Waals surface area contributed by atoms with Gasteiger partial charge in [-0.2, -0.15) is 41.3 Å². The molecule has 4 heterocycles. The van der Waals surface area contributed by atoms with Crippen LogP contribution in [0.3, 0.4) is 0 Å². The fourth-order valence-corrected chi connectivity index (χ4v) is 2.98. The minimum absolute atomic E-state index is 0.00457. The Morgan fingerprint density at radius 2 is 1.62 bits per heavy atom. The Labute approximate surface area is 188 Å². The van der Waals surface area contributed by atoms with Crippen molar-refractivity contribution in [1.82, 2.24) is 24.9 Å².